The van der Waals surface area contributed by atoms with Gasteiger partial charge in [-0.2, -0.15) is 0 Å². The molecule has 1 heterocycles. The highest BCUT2D eigenvalue weighted by atomic mass is 16.2. The van der Waals surface area contributed by atoms with Crippen molar-refractivity contribution < 1.29 is 9.59 Å². The van der Waals surface area contributed by atoms with Crippen LogP contribution in [0.3, 0.4) is 0 Å². The number of nitrogens with zero attached hydrogens (tertiary/aromatic N) is 1. The Bertz CT molecular complexity index is 1430. The summed E-state index contributed by atoms with van der Waals surface area (Å²) >= 11 is 0. The van der Waals surface area contributed by atoms with Crippen molar-refractivity contribution >= 4 is 28.6 Å². The van der Waals surface area contributed by atoms with Crippen molar-refractivity contribution in [2.45, 2.75) is 86.0 Å². The first-order valence-electron chi connectivity index (χ1n) is 13.7. The van der Waals surface area contributed by atoms with Gasteiger partial charge in [0.15, 0.2) is 0 Å². The summed E-state index contributed by atoms with van der Waals surface area (Å²) in [7, 11) is 0. The van der Waals surface area contributed by atoms with Gasteiger partial charge in [-0.3, -0.25) is 9.59 Å². The van der Waals surface area contributed by atoms with Gasteiger partial charge in [0, 0.05) is 0 Å². The molecule has 38 heavy (non-hydrogen) atoms. The number of fused-ring (bicyclic) bond motifs is 6. The zero-order valence-corrected chi connectivity index (χ0v) is 24.3. The van der Waals surface area contributed by atoms with Crippen molar-refractivity contribution in [3.05, 3.63) is 98.6 Å². The molecule has 2 aliphatic rings. The van der Waals surface area contributed by atoms with Crippen LogP contribution in [0.5, 0.6) is 0 Å². The second-order valence-electron chi connectivity index (χ2n) is 13.1. The minimum Gasteiger partial charge on any atom is -0.268 e. The number of rotatable bonds is 1. The highest BCUT2D eigenvalue weighted by Crippen LogP contribution is 2.44. The third-order valence-corrected chi connectivity index (χ3v) is 8.34. The molecule has 0 unspecified atom stereocenters. The first-order valence-corrected chi connectivity index (χ1v) is 13.7. The van der Waals surface area contributed by atoms with Gasteiger partial charge in [-0.15, -0.1) is 0 Å². The third-order valence-electron chi connectivity index (χ3n) is 8.34. The molecule has 3 aromatic rings. The zero-order chi connectivity index (χ0) is 27.7. The molecule has 0 aromatic heterocycles. The molecule has 0 spiro atoms. The monoisotopic (exact) mass is 505 g/mol. The average Bonchev–Trinajstić information content (AvgIpc) is 3.07. The molecule has 5 rings (SSSR count). The topological polar surface area (TPSA) is 37.4 Å². The van der Waals surface area contributed by atoms with Crippen LogP contribution in [0.15, 0.2) is 48.5 Å². The number of amides is 2. The van der Waals surface area contributed by atoms with E-state index in [9.17, 15) is 9.59 Å². The highest BCUT2D eigenvalue weighted by molar-refractivity contribution is 6.57. The number of benzene rings is 3. The molecule has 196 valence electrons. The van der Waals surface area contributed by atoms with Gasteiger partial charge in [-0.25, -0.2) is 4.90 Å². The van der Waals surface area contributed by atoms with Gasteiger partial charge < -0.3 is 0 Å². The van der Waals surface area contributed by atoms with E-state index in [0.29, 0.717) is 16.8 Å². The van der Waals surface area contributed by atoms with E-state index in [2.05, 4.69) is 79.7 Å². The SMILES string of the molecule is Cc1ccc(N2C(=O)C3=C(C2=O)c2cc(C(C)(C)C)cc(c2C)CCc2cc(C(C)(C)C)cc3c2C)cc1. The fraction of sp³-hybridized carbons (Fsp3) is 0.371. The normalized spacial score (nSPS) is 15.8. The lowest BCUT2D eigenvalue weighted by atomic mass is 9.77. The number of imide groups is 1. The summed E-state index contributed by atoms with van der Waals surface area (Å²) in [5, 5.41) is 0. The minimum absolute atomic E-state index is 0.0893. The van der Waals surface area contributed by atoms with E-state index < -0.39 is 0 Å². The van der Waals surface area contributed by atoms with Crippen molar-refractivity contribution in [1.29, 1.82) is 0 Å². The Morgan fingerprint density at radius 1 is 0.605 bits per heavy atom. The molecule has 3 heteroatoms. The van der Waals surface area contributed by atoms with Gasteiger partial charge in [0.1, 0.15) is 0 Å². The van der Waals surface area contributed by atoms with Crippen molar-refractivity contribution in [1.82, 2.24) is 0 Å². The van der Waals surface area contributed by atoms with Gasteiger partial charge >= 0.3 is 0 Å². The fourth-order valence-corrected chi connectivity index (χ4v) is 5.68. The van der Waals surface area contributed by atoms with Gasteiger partial charge in [0.2, 0.25) is 0 Å². The summed E-state index contributed by atoms with van der Waals surface area (Å²) in [4.78, 5) is 30.1. The Kier molecular flexibility index (Phi) is 6.06. The molecule has 0 radical (unpaired) electrons. The maximum Gasteiger partial charge on any atom is 0.266 e. The molecule has 0 saturated heterocycles. The molecule has 0 atom stereocenters. The lowest BCUT2D eigenvalue weighted by Gasteiger charge is -2.26. The molecule has 2 amide bonds. The van der Waals surface area contributed by atoms with Crippen LogP contribution in [0.4, 0.5) is 5.69 Å². The maximum atomic E-state index is 14.4. The number of hydrogen-bond donors (Lipinski definition) is 0. The zero-order valence-electron chi connectivity index (χ0n) is 24.3. The summed E-state index contributed by atoms with van der Waals surface area (Å²) in [6.07, 6.45) is 1.78. The van der Waals surface area contributed by atoms with E-state index in [1.807, 2.05) is 31.2 Å². The van der Waals surface area contributed by atoms with Crippen LogP contribution in [-0.4, -0.2) is 11.8 Å². The lowest BCUT2D eigenvalue weighted by Crippen LogP contribution is -2.31. The van der Waals surface area contributed by atoms with Gasteiger partial charge in [-0.05, 0) is 101 Å². The van der Waals surface area contributed by atoms with Crippen LogP contribution < -0.4 is 4.90 Å². The van der Waals surface area contributed by atoms with Crippen LogP contribution in [0.1, 0.15) is 91.6 Å². The number of carbonyl (C=O) groups is 2. The summed E-state index contributed by atoms with van der Waals surface area (Å²) in [6, 6.07) is 16.6. The van der Waals surface area contributed by atoms with Crippen molar-refractivity contribution in [3.8, 4) is 0 Å². The van der Waals surface area contributed by atoms with Crippen molar-refractivity contribution in [2.75, 3.05) is 4.90 Å². The Morgan fingerprint density at radius 3 is 1.37 bits per heavy atom. The molecule has 4 bridgehead atoms. The predicted octanol–water partition coefficient (Wildman–Crippen LogP) is 7.79. The van der Waals surface area contributed by atoms with Crippen LogP contribution in [0, 0.1) is 20.8 Å². The van der Waals surface area contributed by atoms with E-state index in [4.69, 9.17) is 0 Å². The van der Waals surface area contributed by atoms with Gasteiger partial charge in [0.25, 0.3) is 11.8 Å². The Balaban J connectivity index is 1.89. The second-order valence-corrected chi connectivity index (χ2v) is 13.1. The smallest absolute Gasteiger partial charge is 0.266 e. The predicted molar refractivity (Wildman–Crippen MR) is 158 cm³/mol. The maximum absolute atomic E-state index is 14.4. The van der Waals surface area contributed by atoms with Gasteiger partial charge in [-0.1, -0.05) is 83.5 Å². The molecule has 0 fully saturated rings. The van der Waals surface area contributed by atoms with Crippen molar-refractivity contribution in [2.24, 2.45) is 0 Å². The first kappa shape index (κ1) is 26.2. The summed E-state index contributed by atoms with van der Waals surface area (Å²) < 4.78 is 0. The molecular weight excluding hydrogens is 466 g/mol. The highest BCUT2D eigenvalue weighted by Gasteiger charge is 2.42. The Hall–Kier alpha value is -3.46. The largest absolute Gasteiger partial charge is 0.268 e. The first-order chi connectivity index (χ1) is 17.7. The van der Waals surface area contributed by atoms with Crippen LogP contribution in [0.25, 0.3) is 11.1 Å². The van der Waals surface area contributed by atoms with E-state index in [1.54, 1.807) is 0 Å². The molecule has 0 N–H and O–H groups in total. The van der Waals surface area contributed by atoms with Gasteiger partial charge in [0.05, 0.1) is 16.8 Å². The van der Waals surface area contributed by atoms with E-state index in [-0.39, 0.29) is 22.6 Å². The Morgan fingerprint density at radius 2 is 1.00 bits per heavy atom. The number of carbonyl (C=O) groups excluding carboxylic acids is 2. The molecule has 0 saturated carbocycles. The van der Waals surface area contributed by atoms with Crippen LogP contribution in [-0.2, 0) is 33.3 Å². The number of anilines is 1. The molecule has 3 aromatic carbocycles. The molecular formula is C35H39NO2. The van der Waals surface area contributed by atoms with Crippen molar-refractivity contribution in [3.63, 3.8) is 0 Å². The lowest BCUT2D eigenvalue weighted by molar-refractivity contribution is -0.119. The Labute approximate surface area is 227 Å². The van der Waals surface area contributed by atoms with Crippen LogP contribution >= 0.6 is 0 Å². The minimum atomic E-state index is -0.239. The van der Waals surface area contributed by atoms with E-state index in [1.165, 1.54) is 27.2 Å². The third kappa shape index (κ3) is 4.22. The van der Waals surface area contributed by atoms with E-state index in [0.717, 1.165) is 40.7 Å². The molecule has 1 aliphatic carbocycles. The fourth-order valence-electron chi connectivity index (χ4n) is 5.68. The molecule has 1 aliphatic heterocycles. The standard InChI is InChI=1S/C35H39NO2/c1-20-10-14-27(15-11-20)36-32(37)30-28-18-25(34(4,5)6)16-23(21(28)2)12-13-24-17-26(35(7,8)9)19-29(22(24)3)31(30)33(36)38/h10-11,14-19H,12-13H2,1-9H3. The van der Waals surface area contributed by atoms with Crippen LogP contribution in [0.2, 0.25) is 0 Å². The summed E-state index contributed by atoms with van der Waals surface area (Å²) in [5.41, 5.74) is 11.4. The molecule has 3 nitrogen and oxygen atoms in total. The number of aryl methyl sites for hydroxylation is 3. The summed E-state index contributed by atoms with van der Waals surface area (Å²) in [6.45, 7) is 19.4. The summed E-state index contributed by atoms with van der Waals surface area (Å²) in [5.74, 6) is -0.478. The number of hydrogen-bond acceptors (Lipinski definition) is 2. The van der Waals surface area contributed by atoms with E-state index >= 15 is 0 Å². The second kappa shape index (κ2) is 8.80. The average molecular weight is 506 g/mol. The quantitative estimate of drug-likeness (QED) is 0.317.